The van der Waals surface area contributed by atoms with Crippen LogP contribution in [0.2, 0.25) is 0 Å². The maximum atomic E-state index is 14.2. The molecule has 1 saturated heterocycles. The average Bonchev–Trinajstić information content (AvgIpc) is 3.23. The first-order chi connectivity index (χ1) is 19.6. The highest BCUT2D eigenvalue weighted by Crippen LogP contribution is 2.65. The predicted molar refractivity (Wildman–Crippen MR) is 156 cm³/mol. The van der Waals surface area contributed by atoms with E-state index in [2.05, 4.69) is 29.1 Å². The molecule has 232 valence electrons. The van der Waals surface area contributed by atoms with Crippen molar-refractivity contribution in [2.24, 2.45) is 23.2 Å². The molecule has 3 fully saturated rings. The van der Waals surface area contributed by atoms with Crippen molar-refractivity contribution in [2.75, 3.05) is 13.1 Å². The zero-order chi connectivity index (χ0) is 31.4. The summed E-state index contributed by atoms with van der Waals surface area (Å²) < 4.78 is 5.44. The van der Waals surface area contributed by atoms with Crippen LogP contribution in [-0.4, -0.2) is 77.1 Å². The topological polar surface area (TPSA) is 151 Å². The Kier molecular flexibility index (Phi) is 10.4. The number of fused-ring (bicyclic) bond motifs is 1. The van der Waals surface area contributed by atoms with Crippen LogP contribution in [0, 0.1) is 23.2 Å². The smallest absolute Gasteiger partial charge is 0.408 e. The Labute approximate surface area is 248 Å². The first-order valence-electron chi connectivity index (χ1n) is 14.8. The van der Waals surface area contributed by atoms with Crippen LogP contribution in [0.3, 0.4) is 0 Å². The standard InChI is InChI=1S/C31H46N4O7/c1-8-10-11-21(25(37)27(39)32-16-9-2)33-26(38)24-22-20(31(22,6)7)17-35(24)28(40)23(18-12-14-19(36)15-13-18)34-29(41)42-30(3,4)5/h8-9,18,20-24H,1-2,10-17H2,3-7H3,(H,32,39)(H,33,38)(H,34,41)/t20-,21?,22-,23-,24-/m0/s1. The summed E-state index contributed by atoms with van der Waals surface area (Å²) >= 11 is 0. The summed E-state index contributed by atoms with van der Waals surface area (Å²) in [5, 5.41) is 7.95. The molecule has 11 heteroatoms. The van der Waals surface area contributed by atoms with Gasteiger partial charge in [-0.2, -0.15) is 0 Å². The van der Waals surface area contributed by atoms with Gasteiger partial charge < -0.3 is 25.6 Å². The zero-order valence-electron chi connectivity index (χ0n) is 25.5. The number of alkyl carbamates (subject to hydrolysis) is 1. The predicted octanol–water partition coefficient (Wildman–Crippen LogP) is 2.44. The van der Waals surface area contributed by atoms with Crippen molar-refractivity contribution in [3.05, 3.63) is 25.3 Å². The molecule has 0 aromatic carbocycles. The number of allylic oxidation sites excluding steroid dienone is 1. The molecule has 3 rings (SSSR count). The summed E-state index contributed by atoms with van der Waals surface area (Å²) in [7, 11) is 0. The Morgan fingerprint density at radius 3 is 2.29 bits per heavy atom. The van der Waals surface area contributed by atoms with Gasteiger partial charge in [0.1, 0.15) is 23.5 Å². The lowest BCUT2D eigenvalue weighted by Gasteiger charge is -2.37. The van der Waals surface area contributed by atoms with Crippen LogP contribution in [0.25, 0.3) is 0 Å². The number of hydrogen-bond donors (Lipinski definition) is 3. The Hall–Kier alpha value is -3.50. The third kappa shape index (κ3) is 7.66. The fourth-order valence-corrected chi connectivity index (χ4v) is 6.32. The number of likely N-dealkylation sites (tertiary alicyclic amines) is 1. The van der Waals surface area contributed by atoms with E-state index in [0.29, 0.717) is 38.6 Å². The van der Waals surface area contributed by atoms with Gasteiger partial charge in [0.15, 0.2) is 0 Å². The van der Waals surface area contributed by atoms with E-state index in [-0.39, 0.29) is 41.9 Å². The molecule has 0 bridgehead atoms. The van der Waals surface area contributed by atoms with Crippen LogP contribution < -0.4 is 16.0 Å². The number of nitrogens with zero attached hydrogens (tertiary/aromatic N) is 1. The van der Waals surface area contributed by atoms with Crippen LogP contribution in [0.15, 0.2) is 25.3 Å². The summed E-state index contributed by atoms with van der Waals surface area (Å²) in [5.74, 6) is -2.83. The summed E-state index contributed by atoms with van der Waals surface area (Å²) in [6.07, 6.45) is 4.36. The highest BCUT2D eigenvalue weighted by atomic mass is 16.6. The molecular formula is C31H46N4O7. The number of carbonyl (C=O) groups excluding carboxylic acids is 6. The molecule has 2 saturated carbocycles. The first-order valence-corrected chi connectivity index (χ1v) is 14.8. The molecule has 0 aromatic rings. The van der Waals surface area contributed by atoms with Gasteiger partial charge in [-0.15, -0.1) is 13.2 Å². The van der Waals surface area contributed by atoms with Crippen LogP contribution in [0.5, 0.6) is 0 Å². The van der Waals surface area contributed by atoms with Crippen molar-refractivity contribution in [2.45, 2.75) is 96.9 Å². The van der Waals surface area contributed by atoms with Crippen molar-refractivity contribution in [1.82, 2.24) is 20.9 Å². The maximum absolute atomic E-state index is 14.2. The molecule has 0 radical (unpaired) electrons. The maximum Gasteiger partial charge on any atom is 0.408 e. The van der Waals surface area contributed by atoms with Gasteiger partial charge in [0.25, 0.3) is 5.91 Å². The van der Waals surface area contributed by atoms with E-state index in [1.807, 2.05) is 13.8 Å². The normalized spacial score (nSPS) is 24.5. The second kappa shape index (κ2) is 13.2. The van der Waals surface area contributed by atoms with E-state index in [1.165, 1.54) is 11.0 Å². The summed E-state index contributed by atoms with van der Waals surface area (Å²) in [6, 6.07) is -2.97. The molecule has 1 heterocycles. The van der Waals surface area contributed by atoms with E-state index in [1.54, 1.807) is 26.8 Å². The van der Waals surface area contributed by atoms with Crippen molar-refractivity contribution >= 4 is 35.4 Å². The quantitative estimate of drug-likeness (QED) is 0.235. The van der Waals surface area contributed by atoms with Crippen LogP contribution in [-0.2, 0) is 28.7 Å². The number of ketones is 2. The molecule has 1 aliphatic heterocycles. The SMILES string of the molecule is C=CCCC(NC(=O)[C@@H]1[C@@H]2[C@H](CN1C(=O)[C@@H](NC(=O)OC(C)(C)C)C1CCC(=O)CC1)C2(C)C)C(=O)C(=O)NCC=C. The fourth-order valence-electron chi connectivity index (χ4n) is 6.32. The minimum atomic E-state index is -1.10. The molecule has 0 aromatic heterocycles. The first kappa shape index (κ1) is 33.0. The summed E-state index contributed by atoms with van der Waals surface area (Å²) in [4.78, 5) is 79.7. The molecule has 2 aliphatic carbocycles. The molecule has 42 heavy (non-hydrogen) atoms. The molecule has 11 nitrogen and oxygen atoms in total. The van der Waals surface area contributed by atoms with Gasteiger partial charge in [0.2, 0.25) is 17.6 Å². The molecular weight excluding hydrogens is 540 g/mol. The molecule has 1 unspecified atom stereocenters. The third-order valence-electron chi connectivity index (χ3n) is 8.68. The third-order valence-corrected chi connectivity index (χ3v) is 8.68. The second-order valence-corrected chi connectivity index (χ2v) is 13.2. The largest absolute Gasteiger partial charge is 0.444 e. The lowest BCUT2D eigenvalue weighted by molar-refractivity contribution is -0.145. The van der Waals surface area contributed by atoms with Crippen LogP contribution >= 0.6 is 0 Å². The number of carbonyl (C=O) groups is 6. The highest BCUT2D eigenvalue weighted by Gasteiger charge is 2.69. The fraction of sp³-hybridized carbons (Fsp3) is 0.677. The lowest BCUT2D eigenvalue weighted by atomic mass is 9.82. The van der Waals surface area contributed by atoms with Gasteiger partial charge in [-0.25, -0.2) is 4.79 Å². The van der Waals surface area contributed by atoms with Crippen molar-refractivity contribution < 1.29 is 33.5 Å². The average molecular weight is 587 g/mol. The van der Waals surface area contributed by atoms with Gasteiger partial charge in [0, 0.05) is 25.9 Å². The number of hydrogen-bond acceptors (Lipinski definition) is 7. The van der Waals surface area contributed by atoms with Gasteiger partial charge in [-0.3, -0.25) is 24.0 Å². The van der Waals surface area contributed by atoms with Gasteiger partial charge in [-0.05, 0) is 69.6 Å². The molecule has 0 spiro atoms. The van der Waals surface area contributed by atoms with Gasteiger partial charge in [0.05, 0.1) is 6.04 Å². The Morgan fingerprint density at radius 1 is 1.07 bits per heavy atom. The number of rotatable bonds is 12. The van der Waals surface area contributed by atoms with Gasteiger partial charge in [-0.1, -0.05) is 26.0 Å². The second-order valence-electron chi connectivity index (χ2n) is 13.2. The molecule has 4 amide bonds. The molecule has 3 N–H and O–H groups in total. The number of piperidine rings is 1. The van der Waals surface area contributed by atoms with E-state index in [0.717, 1.165) is 0 Å². The molecule has 5 atom stereocenters. The van der Waals surface area contributed by atoms with E-state index in [4.69, 9.17) is 4.74 Å². The monoisotopic (exact) mass is 586 g/mol. The number of amides is 4. The highest BCUT2D eigenvalue weighted by molar-refractivity contribution is 6.38. The summed E-state index contributed by atoms with van der Waals surface area (Å²) in [5.41, 5.74) is -0.987. The number of Topliss-reactive ketones (excluding diaryl/α,β-unsaturated/α-hetero) is 2. The van der Waals surface area contributed by atoms with Crippen molar-refractivity contribution in [1.29, 1.82) is 0 Å². The number of nitrogens with one attached hydrogen (secondary N) is 3. The zero-order valence-corrected chi connectivity index (χ0v) is 25.5. The van der Waals surface area contributed by atoms with E-state index >= 15 is 0 Å². The van der Waals surface area contributed by atoms with Crippen molar-refractivity contribution in [3.63, 3.8) is 0 Å². The van der Waals surface area contributed by atoms with Crippen LogP contribution in [0.1, 0.15) is 73.1 Å². The minimum Gasteiger partial charge on any atom is -0.444 e. The van der Waals surface area contributed by atoms with Gasteiger partial charge >= 0.3 is 6.09 Å². The van der Waals surface area contributed by atoms with Crippen molar-refractivity contribution in [3.8, 4) is 0 Å². The van der Waals surface area contributed by atoms with Crippen LogP contribution in [0.4, 0.5) is 4.79 Å². The number of ether oxygens (including phenoxy) is 1. The minimum absolute atomic E-state index is 0.0607. The Balaban J connectivity index is 1.86. The molecule has 3 aliphatic rings. The van der Waals surface area contributed by atoms with E-state index in [9.17, 15) is 28.8 Å². The Bertz CT molecular complexity index is 1110. The lowest BCUT2D eigenvalue weighted by Crippen LogP contribution is -2.60. The summed E-state index contributed by atoms with van der Waals surface area (Å²) in [6.45, 7) is 16.9. The Morgan fingerprint density at radius 2 is 1.71 bits per heavy atom. The van der Waals surface area contributed by atoms with E-state index < -0.39 is 53.3 Å².